The lowest BCUT2D eigenvalue weighted by atomic mass is 10.4. The molecule has 1 heterocycles. The molecule has 0 atom stereocenters. The number of hydrogen-bond acceptors (Lipinski definition) is 7. The molecular formula is C6H10N6O2. The van der Waals surface area contributed by atoms with Gasteiger partial charge in [0.05, 0.1) is 4.92 Å². The van der Waals surface area contributed by atoms with Crippen LogP contribution < -0.4 is 11.2 Å². The fraction of sp³-hybridized carbons (Fsp3) is 0.333. The second-order valence-corrected chi connectivity index (χ2v) is 2.72. The van der Waals surface area contributed by atoms with Crippen LogP contribution in [0.5, 0.6) is 0 Å². The van der Waals surface area contributed by atoms with Crippen molar-refractivity contribution < 1.29 is 4.92 Å². The molecule has 0 bridgehead atoms. The Morgan fingerprint density at radius 2 is 2.21 bits per heavy atom. The Bertz CT molecular complexity index is 352. The van der Waals surface area contributed by atoms with E-state index in [-0.39, 0.29) is 17.3 Å². The Hall–Kier alpha value is -1.96. The van der Waals surface area contributed by atoms with E-state index in [1.807, 2.05) is 0 Å². The van der Waals surface area contributed by atoms with Gasteiger partial charge in [-0.05, 0) is 0 Å². The van der Waals surface area contributed by atoms with E-state index >= 15 is 0 Å². The second kappa shape index (κ2) is 3.83. The van der Waals surface area contributed by atoms with E-state index in [1.165, 1.54) is 5.01 Å². The summed E-state index contributed by atoms with van der Waals surface area (Å²) in [5.74, 6) is -0.0816. The summed E-state index contributed by atoms with van der Waals surface area (Å²) in [5.41, 5.74) is 7.68. The van der Waals surface area contributed by atoms with Crippen molar-refractivity contribution in [1.82, 2.24) is 15.0 Å². The molecule has 1 rings (SSSR count). The van der Waals surface area contributed by atoms with Crippen molar-refractivity contribution in [1.29, 1.82) is 0 Å². The van der Waals surface area contributed by atoms with E-state index in [9.17, 15) is 10.1 Å². The Kier molecular flexibility index (Phi) is 2.77. The van der Waals surface area contributed by atoms with E-state index < -0.39 is 4.92 Å². The third-order valence-electron chi connectivity index (χ3n) is 1.36. The standard InChI is InChI=1S/C6H10N6O2/c1-11(2)10-6-4(12(13)14)5(7)8-3-9-6/h3H,1-2H3,(H3,7,8,9,10). The van der Waals surface area contributed by atoms with Crippen molar-refractivity contribution in [2.45, 2.75) is 0 Å². The minimum Gasteiger partial charge on any atom is -0.378 e. The molecule has 1 aromatic heterocycles. The summed E-state index contributed by atoms with van der Waals surface area (Å²) in [5, 5.41) is 12.1. The van der Waals surface area contributed by atoms with Crippen molar-refractivity contribution in [3.8, 4) is 0 Å². The predicted octanol–water partition coefficient (Wildman–Crippen LogP) is -0.144. The van der Waals surface area contributed by atoms with Crippen LogP contribution in [-0.2, 0) is 0 Å². The summed E-state index contributed by atoms with van der Waals surface area (Å²) in [6.07, 6.45) is 1.16. The molecular weight excluding hydrogens is 188 g/mol. The first-order chi connectivity index (χ1) is 6.52. The lowest BCUT2D eigenvalue weighted by Crippen LogP contribution is -2.21. The van der Waals surface area contributed by atoms with Gasteiger partial charge in [0.25, 0.3) is 0 Å². The maximum absolute atomic E-state index is 10.6. The highest BCUT2D eigenvalue weighted by atomic mass is 16.6. The number of nitrogens with two attached hydrogens (primary N) is 1. The number of nitrogens with zero attached hydrogens (tertiary/aromatic N) is 4. The Morgan fingerprint density at radius 3 is 2.71 bits per heavy atom. The van der Waals surface area contributed by atoms with E-state index in [2.05, 4.69) is 15.4 Å². The van der Waals surface area contributed by atoms with Gasteiger partial charge in [-0.3, -0.25) is 15.5 Å². The van der Waals surface area contributed by atoms with Crippen molar-refractivity contribution in [2.75, 3.05) is 25.3 Å². The summed E-state index contributed by atoms with van der Waals surface area (Å²) < 4.78 is 0. The Morgan fingerprint density at radius 1 is 1.57 bits per heavy atom. The first-order valence-electron chi connectivity index (χ1n) is 3.71. The van der Waals surface area contributed by atoms with Crippen LogP contribution in [0.25, 0.3) is 0 Å². The number of nitrogens with one attached hydrogen (secondary N) is 1. The summed E-state index contributed by atoms with van der Waals surface area (Å²) in [6, 6.07) is 0. The monoisotopic (exact) mass is 198 g/mol. The third-order valence-corrected chi connectivity index (χ3v) is 1.36. The van der Waals surface area contributed by atoms with Crippen LogP contribution in [-0.4, -0.2) is 34.0 Å². The van der Waals surface area contributed by atoms with E-state index in [1.54, 1.807) is 14.1 Å². The molecule has 0 radical (unpaired) electrons. The number of rotatable bonds is 3. The smallest absolute Gasteiger partial charge is 0.354 e. The van der Waals surface area contributed by atoms with Crippen molar-refractivity contribution in [3.63, 3.8) is 0 Å². The molecule has 0 saturated heterocycles. The molecule has 1 aromatic rings. The van der Waals surface area contributed by atoms with Gasteiger partial charge in [-0.15, -0.1) is 0 Å². The van der Waals surface area contributed by atoms with Crippen LogP contribution in [0.3, 0.4) is 0 Å². The van der Waals surface area contributed by atoms with Crippen molar-refractivity contribution in [3.05, 3.63) is 16.4 Å². The van der Waals surface area contributed by atoms with Gasteiger partial charge in [-0.1, -0.05) is 0 Å². The first kappa shape index (κ1) is 10.1. The van der Waals surface area contributed by atoms with Crippen LogP contribution in [0.1, 0.15) is 0 Å². The van der Waals surface area contributed by atoms with Gasteiger partial charge in [-0.2, -0.15) is 0 Å². The molecule has 0 aromatic carbocycles. The number of nitro groups is 1. The van der Waals surface area contributed by atoms with E-state index in [4.69, 9.17) is 5.73 Å². The molecule has 76 valence electrons. The van der Waals surface area contributed by atoms with Gasteiger partial charge in [0.15, 0.2) is 0 Å². The molecule has 0 aliphatic heterocycles. The van der Waals surface area contributed by atoms with Crippen LogP contribution >= 0.6 is 0 Å². The SMILES string of the molecule is CN(C)Nc1ncnc(N)c1[N+](=O)[O-]. The highest BCUT2D eigenvalue weighted by molar-refractivity contribution is 5.66. The Labute approximate surface area is 79.9 Å². The first-order valence-corrected chi connectivity index (χ1v) is 3.71. The number of anilines is 2. The maximum atomic E-state index is 10.6. The second-order valence-electron chi connectivity index (χ2n) is 2.72. The average molecular weight is 198 g/mol. The van der Waals surface area contributed by atoms with Crippen LogP contribution in [0.4, 0.5) is 17.3 Å². The highest BCUT2D eigenvalue weighted by Crippen LogP contribution is 2.25. The Balaban J connectivity index is 3.14. The molecule has 8 heteroatoms. The topological polar surface area (TPSA) is 110 Å². The molecule has 0 aliphatic rings. The van der Waals surface area contributed by atoms with Gasteiger partial charge in [0.2, 0.25) is 11.6 Å². The normalized spacial score (nSPS) is 10.2. The van der Waals surface area contributed by atoms with E-state index in [0.717, 1.165) is 6.33 Å². The molecule has 0 amide bonds. The molecule has 8 nitrogen and oxygen atoms in total. The van der Waals surface area contributed by atoms with Gasteiger partial charge < -0.3 is 5.73 Å². The molecule has 3 N–H and O–H groups in total. The summed E-state index contributed by atoms with van der Waals surface area (Å²) >= 11 is 0. The molecule has 0 unspecified atom stereocenters. The minimum absolute atomic E-state index is 0.0764. The minimum atomic E-state index is -0.624. The zero-order chi connectivity index (χ0) is 10.7. The fourth-order valence-corrected chi connectivity index (χ4v) is 0.866. The lowest BCUT2D eigenvalue weighted by molar-refractivity contribution is -0.383. The van der Waals surface area contributed by atoms with Gasteiger partial charge in [-0.25, -0.2) is 15.0 Å². The van der Waals surface area contributed by atoms with Gasteiger partial charge in [0.1, 0.15) is 6.33 Å². The molecule has 0 fully saturated rings. The van der Waals surface area contributed by atoms with Crippen LogP contribution in [0, 0.1) is 10.1 Å². The molecule has 0 aliphatic carbocycles. The quantitative estimate of drug-likeness (QED) is 0.513. The zero-order valence-corrected chi connectivity index (χ0v) is 7.76. The number of hydrazine groups is 1. The number of aromatic nitrogens is 2. The largest absolute Gasteiger partial charge is 0.378 e. The third kappa shape index (κ3) is 2.04. The summed E-state index contributed by atoms with van der Waals surface area (Å²) in [4.78, 5) is 17.2. The predicted molar refractivity (Wildman–Crippen MR) is 50.4 cm³/mol. The maximum Gasteiger partial charge on any atom is 0.354 e. The van der Waals surface area contributed by atoms with Crippen LogP contribution in [0.15, 0.2) is 6.33 Å². The average Bonchev–Trinajstić information content (AvgIpc) is 2.01. The van der Waals surface area contributed by atoms with Crippen molar-refractivity contribution >= 4 is 17.3 Å². The number of nitrogen functional groups attached to an aromatic ring is 1. The molecule has 0 saturated carbocycles. The van der Waals surface area contributed by atoms with E-state index in [0.29, 0.717) is 0 Å². The van der Waals surface area contributed by atoms with Gasteiger partial charge in [0, 0.05) is 14.1 Å². The summed E-state index contributed by atoms with van der Waals surface area (Å²) in [7, 11) is 3.37. The number of hydrogen-bond donors (Lipinski definition) is 2. The van der Waals surface area contributed by atoms with Crippen molar-refractivity contribution in [2.24, 2.45) is 0 Å². The lowest BCUT2D eigenvalue weighted by Gasteiger charge is -2.12. The summed E-state index contributed by atoms with van der Waals surface area (Å²) in [6.45, 7) is 0. The highest BCUT2D eigenvalue weighted by Gasteiger charge is 2.20. The zero-order valence-electron chi connectivity index (χ0n) is 7.76. The van der Waals surface area contributed by atoms with Gasteiger partial charge >= 0.3 is 5.69 Å². The van der Waals surface area contributed by atoms with Crippen LogP contribution in [0.2, 0.25) is 0 Å². The molecule has 0 spiro atoms. The fourth-order valence-electron chi connectivity index (χ4n) is 0.866. The molecule has 14 heavy (non-hydrogen) atoms.